The van der Waals surface area contributed by atoms with E-state index < -0.39 is 0 Å². The number of hydrogen-bond acceptors (Lipinski definition) is 5. The number of urea groups is 1. The molecule has 0 bridgehead atoms. The van der Waals surface area contributed by atoms with Crippen molar-refractivity contribution >= 4 is 39.8 Å². The number of aryl methyl sites for hydroxylation is 1. The van der Waals surface area contributed by atoms with Crippen LogP contribution < -0.4 is 20.9 Å². The molecule has 0 atom stereocenters. The summed E-state index contributed by atoms with van der Waals surface area (Å²) in [6.45, 7) is 7.23. The molecule has 1 heterocycles. The van der Waals surface area contributed by atoms with E-state index in [1.807, 2.05) is 26.1 Å². The first-order valence-electron chi connectivity index (χ1n) is 8.83. The third-order valence-electron chi connectivity index (χ3n) is 3.84. The quantitative estimate of drug-likeness (QED) is 0.677. The van der Waals surface area contributed by atoms with E-state index in [-0.39, 0.29) is 18.4 Å². The Morgan fingerprint density at radius 2 is 2.00 bits per heavy atom. The molecule has 3 amide bonds. The Kier molecular flexibility index (Phi) is 7.18. The number of aromatic nitrogens is 1. The van der Waals surface area contributed by atoms with Gasteiger partial charge in [-0.15, -0.1) is 11.3 Å². The SMILES string of the molecule is CNC(=O)Cc1csc(NC(=O)Nc2ccc(C)cc2N(C)CC(C)C)n1. The highest BCUT2D eigenvalue weighted by Gasteiger charge is 2.13. The van der Waals surface area contributed by atoms with Crippen LogP contribution in [0.3, 0.4) is 0 Å². The smallest absolute Gasteiger partial charge is 0.325 e. The number of nitrogens with zero attached hydrogens (tertiary/aromatic N) is 2. The van der Waals surface area contributed by atoms with Crippen molar-refractivity contribution < 1.29 is 9.59 Å². The average molecular weight is 390 g/mol. The van der Waals surface area contributed by atoms with Gasteiger partial charge < -0.3 is 15.5 Å². The van der Waals surface area contributed by atoms with Crippen LogP contribution in [0, 0.1) is 12.8 Å². The third-order valence-corrected chi connectivity index (χ3v) is 4.65. The highest BCUT2D eigenvalue weighted by atomic mass is 32.1. The molecule has 0 saturated carbocycles. The van der Waals surface area contributed by atoms with E-state index in [1.165, 1.54) is 11.3 Å². The number of benzene rings is 1. The average Bonchev–Trinajstić information content (AvgIpc) is 3.02. The normalized spacial score (nSPS) is 10.6. The van der Waals surface area contributed by atoms with Gasteiger partial charge >= 0.3 is 6.03 Å². The van der Waals surface area contributed by atoms with Crippen LogP contribution in [0.2, 0.25) is 0 Å². The minimum Gasteiger partial charge on any atom is -0.373 e. The van der Waals surface area contributed by atoms with Crippen molar-refractivity contribution in [1.82, 2.24) is 10.3 Å². The summed E-state index contributed by atoms with van der Waals surface area (Å²) in [4.78, 5) is 30.2. The Morgan fingerprint density at radius 1 is 1.26 bits per heavy atom. The molecular weight excluding hydrogens is 362 g/mol. The molecule has 0 fully saturated rings. The molecule has 0 unspecified atom stereocenters. The minimum absolute atomic E-state index is 0.117. The van der Waals surface area contributed by atoms with E-state index in [1.54, 1.807) is 12.4 Å². The number of thiazole rings is 1. The molecule has 0 aliphatic rings. The van der Waals surface area contributed by atoms with Gasteiger partial charge in [0.1, 0.15) is 0 Å². The lowest BCUT2D eigenvalue weighted by Gasteiger charge is -2.25. The highest BCUT2D eigenvalue weighted by Crippen LogP contribution is 2.27. The summed E-state index contributed by atoms with van der Waals surface area (Å²) in [7, 11) is 3.60. The van der Waals surface area contributed by atoms with Gasteiger partial charge in [-0.25, -0.2) is 9.78 Å². The van der Waals surface area contributed by atoms with E-state index in [0.29, 0.717) is 16.7 Å². The van der Waals surface area contributed by atoms with Crippen molar-refractivity contribution in [2.24, 2.45) is 5.92 Å². The van der Waals surface area contributed by atoms with Gasteiger partial charge in [-0.3, -0.25) is 10.1 Å². The van der Waals surface area contributed by atoms with Gasteiger partial charge in [0.25, 0.3) is 0 Å². The molecule has 0 aliphatic heterocycles. The minimum atomic E-state index is -0.362. The van der Waals surface area contributed by atoms with Crippen LogP contribution in [0.15, 0.2) is 23.6 Å². The summed E-state index contributed by atoms with van der Waals surface area (Å²) in [6, 6.07) is 5.56. The Bertz CT molecular complexity index is 803. The van der Waals surface area contributed by atoms with Gasteiger partial charge in [-0.05, 0) is 30.5 Å². The van der Waals surface area contributed by atoms with Crippen molar-refractivity contribution in [3.63, 3.8) is 0 Å². The molecule has 2 aromatic rings. The van der Waals surface area contributed by atoms with Crippen LogP contribution in [-0.2, 0) is 11.2 Å². The van der Waals surface area contributed by atoms with Gasteiger partial charge in [-0.2, -0.15) is 0 Å². The lowest BCUT2D eigenvalue weighted by Crippen LogP contribution is -2.26. The molecule has 0 radical (unpaired) electrons. The maximum Gasteiger partial charge on any atom is 0.325 e. The predicted molar refractivity (Wildman–Crippen MR) is 112 cm³/mol. The first-order valence-corrected chi connectivity index (χ1v) is 9.71. The number of rotatable bonds is 7. The lowest BCUT2D eigenvalue weighted by atomic mass is 10.1. The summed E-state index contributed by atoms with van der Waals surface area (Å²) < 4.78 is 0. The number of amides is 3. The van der Waals surface area contributed by atoms with E-state index >= 15 is 0 Å². The summed E-state index contributed by atoms with van der Waals surface area (Å²) in [5.74, 6) is 0.389. The number of carbonyl (C=O) groups excluding carboxylic acids is 2. The molecule has 1 aromatic carbocycles. The second-order valence-corrected chi connectivity index (χ2v) is 7.73. The number of hydrogen-bond donors (Lipinski definition) is 3. The number of nitrogens with one attached hydrogen (secondary N) is 3. The number of carbonyl (C=O) groups is 2. The monoisotopic (exact) mass is 389 g/mol. The molecule has 7 nitrogen and oxygen atoms in total. The van der Waals surface area contributed by atoms with E-state index in [4.69, 9.17) is 0 Å². The fraction of sp³-hybridized carbons (Fsp3) is 0.421. The van der Waals surface area contributed by atoms with Crippen LogP contribution in [0.1, 0.15) is 25.1 Å². The Morgan fingerprint density at radius 3 is 2.67 bits per heavy atom. The zero-order chi connectivity index (χ0) is 20.0. The van der Waals surface area contributed by atoms with Crippen LogP contribution in [0.4, 0.5) is 21.3 Å². The Hall–Kier alpha value is -2.61. The summed E-state index contributed by atoms with van der Waals surface area (Å²) in [5, 5.41) is 10.4. The molecular formula is C19H27N5O2S. The van der Waals surface area contributed by atoms with Crippen LogP contribution >= 0.6 is 11.3 Å². The molecule has 1 aromatic heterocycles. The zero-order valence-corrected chi connectivity index (χ0v) is 17.2. The second kappa shape index (κ2) is 9.36. The maximum absolute atomic E-state index is 12.4. The lowest BCUT2D eigenvalue weighted by molar-refractivity contribution is -0.120. The topological polar surface area (TPSA) is 86.4 Å². The van der Waals surface area contributed by atoms with Crippen molar-refractivity contribution in [2.45, 2.75) is 27.2 Å². The highest BCUT2D eigenvalue weighted by molar-refractivity contribution is 7.14. The molecule has 0 aliphatic carbocycles. The molecule has 3 N–H and O–H groups in total. The van der Waals surface area contributed by atoms with Gasteiger partial charge in [0.15, 0.2) is 5.13 Å². The van der Waals surface area contributed by atoms with Crippen LogP contribution in [0.5, 0.6) is 0 Å². The largest absolute Gasteiger partial charge is 0.373 e. The van der Waals surface area contributed by atoms with E-state index in [0.717, 1.165) is 23.5 Å². The Balaban J connectivity index is 2.06. The van der Waals surface area contributed by atoms with Crippen LogP contribution in [0.25, 0.3) is 0 Å². The molecule has 8 heteroatoms. The molecule has 2 rings (SSSR count). The third kappa shape index (κ3) is 6.25. The van der Waals surface area contributed by atoms with Gasteiger partial charge in [0.2, 0.25) is 5.91 Å². The molecule has 146 valence electrons. The Labute approximate surface area is 164 Å². The fourth-order valence-corrected chi connectivity index (χ4v) is 3.36. The van der Waals surface area contributed by atoms with Crippen molar-refractivity contribution in [1.29, 1.82) is 0 Å². The van der Waals surface area contributed by atoms with Gasteiger partial charge in [0, 0.05) is 26.0 Å². The van der Waals surface area contributed by atoms with Gasteiger partial charge in [0.05, 0.1) is 23.5 Å². The number of likely N-dealkylation sites (N-methyl/N-ethyl adjacent to an activating group) is 1. The molecule has 27 heavy (non-hydrogen) atoms. The molecule has 0 spiro atoms. The molecule has 0 saturated heterocycles. The van der Waals surface area contributed by atoms with Gasteiger partial charge in [-0.1, -0.05) is 19.9 Å². The fourth-order valence-electron chi connectivity index (χ4n) is 2.66. The summed E-state index contributed by atoms with van der Waals surface area (Å²) in [6.07, 6.45) is 0.193. The first-order chi connectivity index (χ1) is 12.8. The zero-order valence-electron chi connectivity index (χ0n) is 16.4. The van der Waals surface area contributed by atoms with Crippen molar-refractivity contribution in [3.8, 4) is 0 Å². The predicted octanol–water partition coefficient (Wildman–Crippen LogP) is 3.48. The maximum atomic E-state index is 12.4. The van der Waals surface area contributed by atoms with Crippen molar-refractivity contribution in [3.05, 3.63) is 34.8 Å². The second-order valence-electron chi connectivity index (χ2n) is 6.87. The number of anilines is 3. The van der Waals surface area contributed by atoms with E-state index in [2.05, 4.69) is 45.7 Å². The van der Waals surface area contributed by atoms with Crippen LogP contribution in [-0.4, -0.2) is 37.6 Å². The summed E-state index contributed by atoms with van der Waals surface area (Å²) >= 11 is 1.29. The standard InChI is InChI=1S/C19H27N5O2S/c1-12(2)10-24(5)16-8-13(3)6-7-15(16)22-18(26)23-19-21-14(11-27-19)9-17(25)20-4/h6-8,11-12H,9-10H2,1-5H3,(H,20,25)(H2,21,22,23,26). The first kappa shape index (κ1) is 20.7. The summed E-state index contributed by atoms with van der Waals surface area (Å²) in [5.41, 5.74) is 3.47. The van der Waals surface area contributed by atoms with Crippen molar-refractivity contribution in [2.75, 3.05) is 36.2 Å². The van der Waals surface area contributed by atoms with E-state index in [9.17, 15) is 9.59 Å².